The zero-order valence-corrected chi connectivity index (χ0v) is 13.8. The van der Waals surface area contributed by atoms with Crippen molar-refractivity contribution in [2.75, 3.05) is 18.4 Å². The summed E-state index contributed by atoms with van der Waals surface area (Å²) in [5.74, 6) is -0.216. The van der Waals surface area contributed by atoms with Crippen molar-refractivity contribution < 1.29 is 9.90 Å². The van der Waals surface area contributed by atoms with E-state index in [4.69, 9.17) is 10.4 Å². The Bertz CT molecular complexity index is 762. The minimum absolute atomic E-state index is 0.213. The lowest BCUT2D eigenvalue weighted by Crippen LogP contribution is -2.35. The van der Waals surface area contributed by atoms with Crippen LogP contribution in [0.2, 0.25) is 0 Å². The fourth-order valence-corrected chi connectivity index (χ4v) is 3.35. The van der Waals surface area contributed by atoms with Crippen LogP contribution >= 0.6 is 11.3 Å². The highest BCUT2D eigenvalue weighted by Crippen LogP contribution is 2.23. The van der Waals surface area contributed by atoms with Crippen LogP contribution in [-0.4, -0.2) is 39.0 Å². The molecule has 0 unspecified atom stereocenters. The number of rotatable bonds is 5. The summed E-state index contributed by atoms with van der Waals surface area (Å²) in [7, 11) is 0. The molecule has 7 nitrogen and oxygen atoms in total. The average molecular weight is 343 g/mol. The lowest BCUT2D eigenvalue weighted by atomic mass is 9.97. The van der Waals surface area contributed by atoms with Gasteiger partial charge in [-0.05, 0) is 43.6 Å². The molecule has 24 heavy (non-hydrogen) atoms. The number of carboxylic acid groups (broad SMARTS) is 1. The number of piperidine rings is 1. The fourth-order valence-electron chi connectivity index (χ4n) is 2.73. The molecule has 2 N–H and O–H groups in total. The summed E-state index contributed by atoms with van der Waals surface area (Å²) >= 11 is 1.28. The van der Waals surface area contributed by atoms with Gasteiger partial charge in [-0.2, -0.15) is 5.26 Å². The third kappa shape index (κ3) is 4.07. The van der Waals surface area contributed by atoms with Crippen molar-refractivity contribution in [3.05, 3.63) is 35.0 Å². The Balaban J connectivity index is 1.59. The third-order valence-electron chi connectivity index (χ3n) is 4.02. The van der Waals surface area contributed by atoms with Gasteiger partial charge in [0, 0.05) is 12.7 Å². The predicted octanol–water partition coefficient (Wildman–Crippen LogP) is 2.45. The van der Waals surface area contributed by atoms with Crippen LogP contribution in [0.3, 0.4) is 0 Å². The Labute approximate surface area is 143 Å². The molecule has 3 rings (SSSR count). The van der Waals surface area contributed by atoms with E-state index in [9.17, 15) is 4.79 Å². The summed E-state index contributed by atoms with van der Waals surface area (Å²) in [5, 5.41) is 21.6. The minimum Gasteiger partial charge on any atom is -0.481 e. The predicted molar refractivity (Wildman–Crippen MR) is 90.0 cm³/mol. The number of carbonyl (C=O) groups is 1. The molecule has 8 heteroatoms. The molecule has 0 saturated carbocycles. The number of aromatic nitrogens is 2. The van der Waals surface area contributed by atoms with Gasteiger partial charge in [0.05, 0.1) is 12.1 Å². The number of hydrogen-bond donors (Lipinski definition) is 2. The summed E-state index contributed by atoms with van der Waals surface area (Å²) in [4.78, 5) is 22.2. The highest BCUT2D eigenvalue weighted by Gasteiger charge is 2.24. The lowest BCUT2D eigenvalue weighted by molar-refractivity contribution is -0.143. The van der Waals surface area contributed by atoms with Gasteiger partial charge in [0.2, 0.25) is 0 Å². The molecule has 2 aromatic heterocycles. The van der Waals surface area contributed by atoms with Crippen LogP contribution in [-0.2, 0) is 11.3 Å². The maximum Gasteiger partial charge on any atom is 0.306 e. The number of hydrogen-bond acceptors (Lipinski definition) is 7. The normalized spacial score (nSPS) is 15.8. The van der Waals surface area contributed by atoms with Gasteiger partial charge >= 0.3 is 5.97 Å². The van der Waals surface area contributed by atoms with Crippen molar-refractivity contribution in [3.8, 4) is 6.07 Å². The number of nitrogens with one attached hydrogen (secondary N) is 1. The number of likely N-dealkylation sites (tertiary alicyclic amines) is 1. The van der Waals surface area contributed by atoms with Crippen molar-refractivity contribution in [3.63, 3.8) is 0 Å². The Hall–Kier alpha value is -2.50. The zero-order chi connectivity index (χ0) is 16.9. The Morgan fingerprint density at radius 2 is 2.25 bits per heavy atom. The van der Waals surface area contributed by atoms with E-state index in [-0.39, 0.29) is 5.92 Å². The molecule has 0 atom stereocenters. The quantitative estimate of drug-likeness (QED) is 0.859. The number of nitriles is 1. The second-order valence-corrected chi connectivity index (χ2v) is 6.74. The average Bonchev–Trinajstić information content (AvgIpc) is 3.03. The van der Waals surface area contributed by atoms with Crippen molar-refractivity contribution in [1.29, 1.82) is 5.26 Å². The molecule has 1 aliphatic heterocycles. The molecular formula is C16H17N5O2S. The van der Waals surface area contributed by atoms with Gasteiger partial charge in [0.15, 0.2) is 5.13 Å². The van der Waals surface area contributed by atoms with E-state index in [2.05, 4.69) is 26.3 Å². The maximum absolute atomic E-state index is 11.0. The molecule has 124 valence electrons. The van der Waals surface area contributed by atoms with Crippen LogP contribution in [0.4, 0.5) is 10.9 Å². The number of carboxylic acids is 1. The van der Waals surface area contributed by atoms with Crippen LogP contribution < -0.4 is 5.32 Å². The molecule has 0 spiro atoms. The van der Waals surface area contributed by atoms with E-state index in [1.807, 2.05) is 12.1 Å². The fraction of sp³-hybridized carbons (Fsp3) is 0.375. The summed E-state index contributed by atoms with van der Waals surface area (Å²) < 4.78 is 0. The standard InChI is InChI=1S/C16H17N5O2S/c17-8-13-9-19-16(24-13)20-14-7-11(1-4-18-14)10-21-5-2-12(3-6-21)15(22)23/h1,4,7,9,12H,2-3,5-6,10H2,(H,22,23)(H,18,19,20). The van der Waals surface area contributed by atoms with E-state index >= 15 is 0 Å². The second-order valence-electron chi connectivity index (χ2n) is 5.70. The molecular weight excluding hydrogens is 326 g/mol. The Morgan fingerprint density at radius 3 is 2.92 bits per heavy atom. The van der Waals surface area contributed by atoms with Gasteiger partial charge < -0.3 is 10.4 Å². The van der Waals surface area contributed by atoms with E-state index < -0.39 is 5.97 Å². The van der Waals surface area contributed by atoms with Gasteiger partial charge in [0.1, 0.15) is 16.8 Å². The minimum atomic E-state index is -0.690. The number of thiazole rings is 1. The van der Waals surface area contributed by atoms with Crippen LogP contribution in [0.1, 0.15) is 23.3 Å². The van der Waals surface area contributed by atoms with Crippen LogP contribution in [0.15, 0.2) is 24.5 Å². The smallest absolute Gasteiger partial charge is 0.306 e. The van der Waals surface area contributed by atoms with Crippen LogP contribution in [0, 0.1) is 17.2 Å². The summed E-state index contributed by atoms with van der Waals surface area (Å²) in [6.07, 6.45) is 4.66. The number of pyridine rings is 1. The van der Waals surface area contributed by atoms with Crippen LogP contribution in [0.5, 0.6) is 0 Å². The monoisotopic (exact) mass is 343 g/mol. The first-order chi connectivity index (χ1) is 11.6. The largest absolute Gasteiger partial charge is 0.481 e. The van der Waals surface area contributed by atoms with E-state index in [1.165, 1.54) is 17.5 Å². The zero-order valence-electron chi connectivity index (χ0n) is 13.0. The molecule has 3 heterocycles. The maximum atomic E-state index is 11.0. The first-order valence-electron chi connectivity index (χ1n) is 7.67. The molecule has 0 bridgehead atoms. The summed E-state index contributed by atoms with van der Waals surface area (Å²) in [6, 6.07) is 5.97. The van der Waals surface area contributed by atoms with Crippen molar-refractivity contribution >= 4 is 28.3 Å². The SMILES string of the molecule is N#Cc1cnc(Nc2cc(CN3CCC(C(=O)O)CC3)ccn2)s1. The topological polar surface area (TPSA) is 102 Å². The first kappa shape index (κ1) is 16.4. The van der Waals surface area contributed by atoms with Crippen LogP contribution in [0.25, 0.3) is 0 Å². The summed E-state index contributed by atoms with van der Waals surface area (Å²) in [5.41, 5.74) is 1.11. The highest BCUT2D eigenvalue weighted by atomic mass is 32.1. The lowest BCUT2D eigenvalue weighted by Gasteiger charge is -2.30. The molecule has 1 aliphatic rings. The van der Waals surface area contributed by atoms with Crippen molar-refractivity contribution in [2.45, 2.75) is 19.4 Å². The van der Waals surface area contributed by atoms with Gasteiger partial charge in [-0.3, -0.25) is 9.69 Å². The number of anilines is 2. The third-order valence-corrected chi connectivity index (χ3v) is 4.84. The number of nitrogens with zero attached hydrogens (tertiary/aromatic N) is 4. The summed E-state index contributed by atoms with van der Waals surface area (Å²) in [6.45, 7) is 2.35. The van der Waals surface area contributed by atoms with E-state index in [1.54, 1.807) is 6.20 Å². The molecule has 0 amide bonds. The second kappa shape index (κ2) is 7.38. The molecule has 2 aromatic rings. The number of aliphatic carboxylic acids is 1. The van der Waals surface area contributed by atoms with Gasteiger partial charge in [-0.1, -0.05) is 11.3 Å². The van der Waals surface area contributed by atoms with Crippen molar-refractivity contribution in [2.24, 2.45) is 5.92 Å². The van der Waals surface area contributed by atoms with Gasteiger partial charge in [-0.15, -0.1) is 0 Å². The molecule has 0 aliphatic carbocycles. The highest BCUT2D eigenvalue weighted by molar-refractivity contribution is 7.16. The molecule has 0 aromatic carbocycles. The molecule has 1 saturated heterocycles. The molecule has 0 radical (unpaired) electrons. The first-order valence-corrected chi connectivity index (χ1v) is 8.49. The van der Waals surface area contributed by atoms with E-state index in [0.717, 1.165) is 25.2 Å². The van der Waals surface area contributed by atoms with Gasteiger partial charge in [0.25, 0.3) is 0 Å². The Morgan fingerprint density at radius 1 is 1.46 bits per heavy atom. The van der Waals surface area contributed by atoms with Crippen molar-refractivity contribution in [1.82, 2.24) is 14.9 Å². The molecule has 1 fully saturated rings. The van der Waals surface area contributed by atoms with E-state index in [0.29, 0.717) is 28.7 Å². The Kier molecular flexibility index (Phi) is 5.03. The van der Waals surface area contributed by atoms with Gasteiger partial charge in [-0.25, -0.2) is 9.97 Å².